The second kappa shape index (κ2) is 11.1. The second-order valence-electron chi connectivity index (χ2n) is 6.79. The number of hydrogen-bond acceptors (Lipinski definition) is 13. The molecule has 1 saturated heterocycles. The van der Waals surface area contributed by atoms with Crippen LogP contribution in [0.15, 0.2) is 25.4 Å². The van der Waals surface area contributed by atoms with Crippen LogP contribution in [0.4, 0.5) is 5.13 Å². The predicted octanol–water partition coefficient (Wildman–Crippen LogP) is 0.314. The van der Waals surface area contributed by atoms with Gasteiger partial charge in [-0.15, -0.1) is 29.3 Å². The Morgan fingerprint density at radius 2 is 2.20 bits per heavy atom. The van der Waals surface area contributed by atoms with Crippen molar-refractivity contribution in [2.75, 3.05) is 24.3 Å². The Hall–Kier alpha value is -2.41. The van der Waals surface area contributed by atoms with Gasteiger partial charge in [-0.1, -0.05) is 28.3 Å². The van der Waals surface area contributed by atoms with Crippen molar-refractivity contribution in [3.63, 3.8) is 0 Å². The lowest BCUT2D eigenvalue weighted by molar-refractivity contribution is -0.150. The summed E-state index contributed by atoms with van der Waals surface area (Å²) >= 11 is 7.00. The molecule has 2 aliphatic rings. The summed E-state index contributed by atoms with van der Waals surface area (Å²) < 4.78 is 1.94. The number of aliphatic carboxylic acids is 1. The van der Waals surface area contributed by atoms with Gasteiger partial charge in [0, 0.05) is 18.6 Å². The molecule has 14 nitrogen and oxygen atoms in total. The Morgan fingerprint density at radius 1 is 1.46 bits per heavy atom. The predicted molar refractivity (Wildman–Crippen MR) is 134 cm³/mol. The van der Waals surface area contributed by atoms with Crippen molar-refractivity contribution in [3.8, 4) is 0 Å². The Balaban J connectivity index is 0.00000342. The minimum atomic E-state index is -1.22. The number of nitrogens with zero attached hydrogens (tertiary/aromatic N) is 7. The maximum absolute atomic E-state index is 12.9. The van der Waals surface area contributed by atoms with Gasteiger partial charge in [-0.3, -0.25) is 14.5 Å². The van der Waals surface area contributed by atoms with Gasteiger partial charge in [0.05, 0.1) is 0 Å². The van der Waals surface area contributed by atoms with Crippen LogP contribution in [-0.4, -0.2) is 88.7 Å². The largest absolute Gasteiger partial charge is 0.477 e. The molecule has 0 spiro atoms. The van der Waals surface area contributed by atoms with Crippen LogP contribution in [0.5, 0.6) is 0 Å². The number of rotatable bonds is 8. The van der Waals surface area contributed by atoms with Gasteiger partial charge in [0.15, 0.2) is 10.8 Å². The molecule has 2 aromatic rings. The van der Waals surface area contributed by atoms with Gasteiger partial charge in [-0.25, -0.2) is 14.5 Å². The zero-order valence-electron chi connectivity index (χ0n) is 17.9. The van der Waals surface area contributed by atoms with Crippen LogP contribution in [0, 0.1) is 0 Å². The van der Waals surface area contributed by atoms with Crippen molar-refractivity contribution in [1.29, 1.82) is 0 Å². The number of carbonyl (C=O) groups is 3. The fraction of sp³-hybridized carbons (Fsp3) is 0.375. The van der Waals surface area contributed by atoms with Crippen LogP contribution in [0.1, 0.15) is 5.69 Å². The van der Waals surface area contributed by atoms with Crippen molar-refractivity contribution in [3.05, 3.63) is 20.8 Å². The SMILES string of the molecule is CO/N=C(\C(=O)NC1C(=O)N2C(C(=O)O)=C(CSc3nnnn3C)CS[C@H]12)c1nc(N)sc1Br.Cl. The van der Waals surface area contributed by atoms with Crippen molar-refractivity contribution >= 4 is 91.8 Å². The Bertz CT molecular complexity index is 1240. The second-order valence-corrected chi connectivity index (χ2v) is 11.2. The average molecular weight is 627 g/mol. The fourth-order valence-electron chi connectivity index (χ4n) is 3.25. The Kier molecular flexibility index (Phi) is 8.63. The zero-order chi connectivity index (χ0) is 24.6. The summed E-state index contributed by atoms with van der Waals surface area (Å²) in [5.74, 6) is -1.82. The smallest absolute Gasteiger partial charge is 0.352 e. The van der Waals surface area contributed by atoms with E-state index in [2.05, 4.69) is 46.9 Å². The number of oxime groups is 1. The number of thioether (sulfide) groups is 2. The Labute approximate surface area is 224 Å². The number of hydrogen-bond donors (Lipinski definition) is 3. The van der Waals surface area contributed by atoms with E-state index in [0.717, 1.165) is 11.3 Å². The number of tetrazole rings is 1. The molecule has 2 aliphatic heterocycles. The number of carbonyl (C=O) groups excluding carboxylic acids is 2. The van der Waals surface area contributed by atoms with Crippen LogP contribution in [0.3, 0.4) is 0 Å². The van der Waals surface area contributed by atoms with E-state index < -0.39 is 29.2 Å². The van der Waals surface area contributed by atoms with Gasteiger partial charge in [-0.2, -0.15) is 0 Å². The number of nitrogens with one attached hydrogen (secondary N) is 1. The van der Waals surface area contributed by atoms with Crippen molar-refractivity contribution < 1.29 is 24.3 Å². The number of anilines is 1. The van der Waals surface area contributed by atoms with Crippen LogP contribution < -0.4 is 11.1 Å². The van der Waals surface area contributed by atoms with Crippen molar-refractivity contribution in [1.82, 2.24) is 35.4 Å². The molecule has 1 unspecified atom stereocenters. The molecular formula is C16H17BrClN9O5S3. The summed E-state index contributed by atoms with van der Waals surface area (Å²) in [4.78, 5) is 47.9. The van der Waals surface area contributed by atoms with Gasteiger partial charge in [0.2, 0.25) is 5.16 Å². The van der Waals surface area contributed by atoms with Gasteiger partial charge in [0.1, 0.15) is 33.7 Å². The van der Waals surface area contributed by atoms with Gasteiger partial charge < -0.3 is 21.0 Å². The number of carboxylic acids is 1. The third kappa shape index (κ3) is 5.25. The number of nitrogen functional groups attached to an aromatic ring is 1. The Morgan fingerprint density at radius 3 is 2.77 bits per heavy atom. The number of nitrogens with two attached hydrogens (primary N) is 1. The van der Waals surface area contributed by atoms with E-state index in [1.54, 1.807) is 7.05 Å². The summed E-state index contributed by atoms with van der Waals surface area (Å²) in [6, 6.07) is -0.944. The van der Waals surface area contributed by atoms with Gasteiger partial charge in [0.25, 0.3) is 11.8 Å². The topological polar surface area (TPSA) is 191 Å². The van der Waals surface area contributed by atoms with E-state index in [1.165, 1.54) is 40.2 Å². The first-order chi connectivity index (χ1) is 16.2. The number of β-lactam (4-membered cyclic amide) rings is 1. The van der Waals surface area contributed by atoms with Crippen LogP contribution in [0.2, 0.25) is 0 Å². The highest BCUT2D eigenvalue weighted by molar-refractivity contribution is 9.11. The summed E-state index contributed by atoms with van der Waals surface area (Å²) in [6.45, 7) is 0. The van der Waals surface area contributed by atoms with E-state index in [1.807, 2.05) is 0 Å². The van der Waals surface area contributed by atoms with E-state index in [4.69, 9.17) is 10.6 Å². The van der Waals surface area contributed by atoms with E-state index in [-0.39, 0.29) is 34.6 Å². The minimum Gasteiger partial charge on any atom is -0.477 e. The number of amides is 2. The highest BCUT2D eigenvalue weighted by Crippen LogP contribution is 2.41. The van der Waals surface area contributed by atoms with Gasteiger partial charge in [-0.05, 0) is 31.9 Å². The van der Waals surface area contributed by atoms with Crippen LogP contribution in [-0.2, 0) is 26.3 Å². The molecule has 4 N–H and O–H groups in total. The highest BCUT2D eigenvalue weighted by Gasteiger charge is 2.54. The summed E-state index contributed by atoms with van der Waals surface area (Å²) in [7, 11) is 2.94. The lowest BCUT2D eigenvalue weighted by Crippen LogP contribution is -2.71. The van der Waals surface area contributed by atoms with Gasteiger partial charge >= 0.3 is 5.97 Å². The number of aryl methyl sites for hydroxylation is 1. The van der Waals surface area contributed by atoms with Crippen molar-refractivity contribution in [2.24, 2.45) is 12.2 Å². The van der Waals surface area contributed by atoms with Crippen molar-refractivity contribution in [2.45, 2.75) is 16.6 Å². The molecule has 0 radical (unpaired) electrons. The molecular weight excluding hydrogens is 610 g/mol. The lowest BCUT2D eigenvalue weighted by Gasteiger charge is -2.49. The molecule has 4 rings (SSSR count). The third-order valence-corrected chi connectivity index (χ3v) is 8.69. The molecule has 4 heterocycles. The fourth-order valence-corrected chi connectivity index (χ4v) is 6.91. The molecule has 0 aromatic carbocycles. The average Bonchev–Trinajstić information content (AvgIpc) is 3.36. The highest BCUT2D eigenvalue weighted by atomic mass is 79.9. The number of aromatic nitrogens is 5. The molecule has 0 saturated carbocycles. The molecule has 35 heavy (non-hydrogen) atoms. The van der Waals surface area contributed by atoms with Crippen LogP contribution in [0.25, 0.3) is 0 Å². The lowest BCUT2D eigenvalue weighted by atomic mass is 10.0. The third-order valence-electron chi connectivity index (χ3n) is 4.72. The van der Waals surface area contributed by atoms with E-state index in [9.17, 15) is 19.5 Å². The number of carboxylic acid groups (broad SMARTS) is 1. The van der Waals surface area contributed by atoms with E-state index in [0.29, 0.717) is 26.0 Å². The van der Waals surface area contributed by atoms with Crippen LogP contribution >= 0.6 is 63.2 Å². The molecule has 1 fully saturated rings. The monoisotopic (exact) mass is 625 g/mol. The normalized spacial score (nSPS) is 19.6. The first-order valence-electron chi connectivity index (χ1n) is 9.32. The molecule has 188 valence electrons. The zero-order valence-corrected chi connectivity index (χ0v) is 22.7. The van der Waals surface area contributed by atoms with E-state index >= 15 is 0 Å². The number of fused-ring (bicyclic) bond motifs is 1. The molecule has 2 aromatic heterocycles. The molecule has 0 bridgehead atoms. The maximum atomic E-state index is 12.9. The quantitative estimate of drug-likeness (QED) is 0.158. The molecule has 0 aliphatic carbocycles. The molecule has 2 amide bonds. The maximum Gasteiger partial charge on any atom is 0.352 e. The first kappa shape index (κ1) is 27.2. The summed E-state index contributed by atoms with van der Waals surface area (Å²) in [6.07, 6.45) is 0. The summed E-state index contributed by atoms with van der Waals surface area (Å²) in [5.41, 5.74) is 6.16. The number of halogens is 2. The number of thiazole rings is 1. The molecule has 2 atom stereocenters. The standard InChI is InChI=1S/C16H16BrN9O5S3.ClH/c1-25-16(21-23-24-25)33-4-5-3-32-13-8(12(28)26(13)9(5)14(29)30)19-11(27)7(22-31-2)6-10(17)34-15(18)20-6;/h8,13H,3-4H2,1-2H3,(H2,18,20)(H,19,27)(H,29,30);1H/b22-7-;/t8?,13-;/m1./s1. The summed E-state index contributed by atoms with van der Waals surface area (Å²) in [5, 5.41) is 27.4. The first-order valence-corrected chi connectivity index (χ1v) is 13.0. The molecule has 19 heteroatoms. The minimum absolute atomic E-state index is 0.